The van der Waals surface area contributed by atoms with E-state index >= 15 is 0 Å². The van der Waals surface area contributed by atoms with Crippen molar-refractivity contribution in [2.24, 2.45) is 0 Å². The Bertz CT molecular complexity index is 586. The molecule has 0 saturated carbocycles. The van der Waals surface area contributed by atoms with Crippen LogP contribution < -0.4 is 14.8 Å². The van der Waals surface area contributed by atoms with Gasteiger partial charge in [0.1, 0.15) is 0 Å². The van der Waals surface area contributed by atoms with Gasteiger partial charge in [-0.25, -0.2) is 0 Å². The van der Waals surface area contributed by atoms with Crippen molar-refractivity contribution in [1.29, 1.82) is 0 Å². The minimum Gasteiger partial charge on any atom is -0.493 e. The maximum atomic E-state index is 5.34. The van der Waals surface area contributed by atoms with Crippen LogP contribution in [0.15, 0.2) is 46.9 Å². The van der Waals surface area contributed by atoms with E-state index in [1.54, 1.807) is 14.2 Å². The molecule has 2 aromatic rings. The van der Waals surface area contributed by atoms with Crippen molar-refractivity contribution in [2.45, 2.75) is 13.0 Å². The van der Waals surface area contributed by atoms with E-state index in [4.69, 9.17) is 9.47 Å². The van der Waals surface area contributed by atoms with Crippen LogP contribution in [0.25, 0.3) is 0 Å². The molecule has 0 heterocycles. The molecule has 0 aliphatic heterocycles. The molecule has 0 bridgehead atoms. The summed E-state index contributed by atoms with van der Waals surface area (Å²) in [6, 6.07) is 14.2. The Labute approximate surface area is 128 Å². The molecule has 1 atom stereocenters. The van der Waals surface area contributed by atoms with Gasteiger partial charge in [-0.1, -0.05) is 18.2 Å². The summed E-state index contributed by atoms with van der Waals surface area (Å²) in [5.74, 6) is 1.48. The fourth-order valence-electron chi connectivity index (χ4n) is 2.02. The zero-order chi connectivity index (χ0) is 14.5. The molecule has 0 aliphatic rings. The summed E-state index contributed by atoms with van der Waals surface area (Å²) in [5.41, 5.74) is 2.20. The van der Waals surface area contributed by atoms with E-state index in [0.717, 1.165) is 27.2 Å². The predicted octanol–water partition coefficient (Wildman–Crippen LogP) is 4.64. The van der Waals surface area contributed by atoms with Gasteiger partial charge in [-0.3, -0.25) is 0 Å². The van der Waals surface area contributed by atoms with E-state index in [2.05, 4.69) is 28.2 Å². The molecule has 2 aromatic carbocycles. The number of methoxy groups -OCH3 is 2. The van der Waals surface area contributed by atoms with Crippen LogP contribution in [0.4, 0.5) is 5.69 Å². The molecule has 0 aromatic heterocycles. The topological polar surface area (TPSA) is 30.5 Å². The third-order valence-electron chi connectivity index (χ3n) is 3.15. The molecule has 1 N–H and O–H groups in total. The Balaban J connectivity index is 2.21. The Morgan fingerprint density at radius 2 is 1.70 bits per heavy atom. The molecule has 0 spiro atoms. The first kappa shape index (κ1) is 14.7. The van der Waals surface area contributed by atoms with Crippen molar-refractivity contribution >= 4 is 21.6 Å². The largest absolute Gasteiger partial charge is 0.493 e. The smallest absolute Gasteiger partial charge is 0.161 e. The number of halogens is 1. The number of anilines is 1. The maximum absolute atomic E-state index is 5.34. The van der Waals surface area contributed by atoms with Crippen LogP contribution in [-0.4, -0.2) is 14.2 Å². The number of nitrogens with one attached hydrogen (secondary N) is 1. The lowest BCUT2D eigenvalue weighted by Crippen LogP contribution is -2.07. The van der Waals surface area contributed by atoms with Gasteiger partial charge in [-0.2, -0.15) is 0 Å². The second kappa shape index (κ2) is 6.66. The van der Waals surface area contributed by atoms with E-state index in [1.807, 2.05) is 42.5 Å². The fourth-order valence-corrected chi connectivity index (χ4v) is 2.42. The van der Waals surface area contributed by atoms with E-state index in [9.17, 15) is 0 Å². The first-order valence-corrected chi connectivity index (χ1v) is 7.18. The molecule has 3 nitrogen and oxygen atoms in total. The fraction of sp³-hybridized carbons (Fsp3) is 0.250. The molecule has 1 unspecified atom stereocenters. The van der Waals surface area contributed by atoms with Gasteiger partial charge in [0.25, 0.3) is 0 Å². The lowest BCUT2D eigenvalue weighted by atomic mass is 10.1. The van der Waals surface area contributed by atoms with Crippen LogP contribution in [0.3, 0.4) is 0 Å². The van der Waals surface area contributed by atoms with Crippen molar-refractivity contribution in [1.82, 2.24) is 0 Å². The molecule has 2 rings (SSSR count). The number of hydrogen-bond donors (Lipinski definition) is 1. The number of benzene rings is 2. The standard InChI is InChI=1S/C16H18BrNO2/c1-11(18-14-7-5-4-6-13(14)17)12-8-9-15(19-2)16(10-12)20-3/h4-11,18H,1-3H3. The van der Waals surface area contributed by atoms with Gasteiger partial charge in [0.05, 0.1) is 14.2 Å². The summed E-state index contributed by atoms with van der Waals surface area (Å²) < 4.78 is 11.6. The number of para-hydroxylation sites is 1. The first-order valence-electron chi connectivity index (χ1n) is 6.38. The number of rotatable bonds is 5. The van der Waals surface area contributed by atoms with Gasteiger partial charge in [-0.15, -0.1) is 0 Å². The van der Waals surface area contributed by atoms with Gasteiger partial charge in [-0.05, 0) is 52.7 Å². The summed E-state index contributed by atoms with van der Waals surface area (Å²) in [6.07, 6.45) is 0. The van der Waals surface area contributed by atoms with E-state index in [1.165, 1.54) is 0 Å². The van der Waals surface area contributed by atoms with Gasteiger partial charge in [0.2, 0.25) is 0 Å². The predicted molar refractivity (Wildman–Crippen MR) is 85.7 cm³/mol. The van der Waals surface area contributed by atoms with Crippen LogP contribution >= 0.6 is 15.9 Å². The molecular formula is C16H18BrNO2. The monoisotopic (exact) mass is 335 g/mol. The zero-order valence-electron chi connectivity index (χ0n) is 11.8. The van der Waals surface area contributed by atoms with E-state index in [0.29, 0.717) is 0 Å². The highest BCUT2D eigenvalue weighted by molar-refractivity contribution is 9.10. The van der Waals surface area contributed by atoms with Gasteiger partial charge < -0.3 is 14.8 Å². The van der Waals surface area contributed by atoms with Crippen LogP contribution in [0.2, 0.25) is 0 Å². The Morgan fingerprint density at radius 3 is 2.35 bits per heavy atom. The molecule has 0 fully saturated rings. The van der Waals surface area contributed by atoms with Crippen molar-refractivity contribution in [3.63, 3.8) is 0 Å². The average Bonchev–Trinajstić information content (AvgIpc) is 2.48. The second-order valence-electron chi connectivity index (χ2n) is 4.46. The minimum atomic E-state index is 0.161. The summed E-state index contributed by atoms with van der Waals surface area (Å²) in [6.45, 7) is 2.11. The summed E-state index contributed by atoms with van der Waals surface area (Å²) in [5, 5.41) is 3.47. The minimum absolute atomic E-state index is 0.161. The number of ether oxygens (including phenoxy) is 2. The highest BCUT2D eigenvalue weighted by atomic mass is 79.9. The van der Waals surface area contributed by atoms with Crippen molar-refractivity contribution in [3.8, 4) is 11.5 Å². The van der Waals surface area contributed by atoms with Crippen LogP contribution in [0.1, 0.15) is 18.5 Å². The molecule has 106 valence electrons. The Hall–Kier alpha value is -1.68. The summed E-state index contributed by atoms with van der Waals surface area (Å²) in [4.78, 5) is 0. The third-order valence-corrected chi connectivity index (χ3v) is 3.84. The van der Waals surface area contributed by atoms with E-state index in [-0.39, 0.29) is 6.04 Å². The van der Waals surface area contributed by atoms with Crippen molar-refractivity contribution in [3.05, 3.63) is 52.5 Å². The Kier molecular flexibility index (Phi) is 4.90. The van der Waals surface area contributed by atoms with Crippen molar-refractivity contribution in [2.75, 3.05) is 19.5 Å². The normalized spacial score (nSPS) is 11.8. The summed E-state index contributed by atoms with van der Waals surface area (Å²) in [7, 11) is 3.29. The van der Waals surface area contributed by atoms with Gasteiger partial charge in [0.15, 0.2) is 11.5 Å². The SMILES string of the molecule is COc1ccc(C(C)Nc2ccccc2Br)cc1OC. The van der Waals surface area contributed by atoms with Crippen LogP contribution in [0, 0.1) is 0 Å². The molecule has 0 radical (unpaired) electrons. The molecule has 20 heavy (non-hydrogen) atoms. The summed E-state index contributed by atoms with van der Waals surface area (Å²) >= 11 is 3.54. The van der Waals surface area contributed by atoms with Gasteiger partial charge in [0, 0.05) is 16.2 Å². The first-order chi connectivity index (χ1) is 9.65. The van der Waals surface area contributed by atoms with E-state index < -0.39 is 0 Å². The highest BCUT2D eigenvalue weighted by Gasteiger charge is 2.11. The molecular weight excluding hydrogens is 318 g/mol. The maximum Gasteiger partial charge on any atom is 0.161 e. The Morgan fingerprint density at radius 1 is 1.00 bits per heavy atom. The van der Waals surface area contributed by atoms with Gasteiger partial charge >= 0.3 is 0 Å². The number of hydrogen-bond acceptors (Lipinski definition) is 3. The lowest BCUT2D eigenvalue weighted by Gasteiger charge is -2.18. The molecule has 0 amide bonds. The van der Waals surface area contributed by atoms with Crippen LogP contribution in [0.5, 0.6) is 11.5 Å². The molecule has 4 heteroatoms. The van der Waals surface area contributed by atoms with Crippen molar-refractivity contribution < 1.29 is 9.47 Å². The van der Waals surface area contributed by atoms with Crippen LogP contribution in [-0.2, 0) is 0 Å². The second-order valence-corrected chi connectivity index (χ2v) is 5.31. The quantitative estimate of drug-likeness (QED) is 0.863. The lowest BCUT2D eigenvalue weighted by molar-refractivity contribution is 0.354. The highest BCUT2D eigenvalue weighted by Crippen LogP contribution is 2.32. The third kappa shape index (κ3) is 3.25. The molecule has 0 aliphatic carbocycles. The average molecular weight is 336 g/mol. The molecule has 0 saturated heterocycles. The zero-order valence-corrected chi connectivity index (χ0v) is 13.4.